The largest absolute Gasteiger partial charge is 0.484 e. The molecular formula is C24H27N3O4. The van der Waals surface area contributed by atoms with Crippen molar-refractivity contribution in [3.63, 3.8) is 0 Å². The van der Waals surface area contributed by atoms with Gasteiger partial charge in [0.05, 0.1) is 0 Å². The third kappa shape index (κ3) is 5.30. The molecule has 1 fully saturated rings. The van der Waals surface area contributed by atoms with Crippen molar-refractivity contribution < 1.29 is 13.9 Å². The van der Waals surface area contributed by atoms with Gasteiger partial charge in [-0.3, -0.25) is 14.7 Å². The molecule has 1 aromatic carbocycles. The molecule has 0 radical (unpaired) electrons. The summed E-state index contributed by atoms with van der Waals surface area (Å²) >= 11 is 0. The van der Waals surface area contributed by atoms with Gasteiger partial charge in [-0.1, -0.05) is 13.0 Å². The number of pyridine rings is 1. The van der Waals surface area contributed by atoms with Gasteiger partial charge in [0.2, 0.25) is 0 Å². The first-order chi connectivity index (χ1) is 15.1. The van der Waals surface area contributed by atoms with Gasteiger partial charge in [0.25, 0.3) is 5.91 Å². The van der Waals surface area contributed by atoms with Crippen LogP contribution in [0.3, 0.4) is 0 Å². The van der Waals surface area contributed by atoms with Crippen LogP contribution >= 0.6 is 0 Å². The quantitative estimate of drug-likeness (QED) is 0.570. The van der Waals surface area contributed by atoms with Crippen LogP contribution < -0.4 is 10.4 Å². The number of hydrogen-bond donors (Lipinski definition) is 0. The molecule has 1 aliphatic heterocycles. The topological polar surface area (TPSA) is 75.9 Å². The number of rotatable bonds is 6. The average molecular weight is 421 g/mol. The summed E-state index contributed by atoms with van der Waals surface area (Å²) in [6.45, 7) is 5.97. The standard InChI is InChI=1S/C24H27N3O4/c1-2-19-13-24(29)31-22-14-20(6-7-21(19)22)30-17-23(28)27-10-4-9-26(11-12-27)16-18-5-3-8-25-15-18/h3,5-8,13-15H,2,4,9-12,16-17H2,1H3. The molecule has 0 atom stereocenters. The maximum Gasteiger partial charge on any atom is 0.336 e. The van der Waals surface area contributed by atoms with Gasteiger partial charge in [-0.25, -0.2) is 4.79 Å². The minimum atomic E-state index is -0.377. The summed E-state index contributed by atoms with van der Waals surface area (Å²) in [4.78, 5) is 32.8. The van der Waals surface area contributed by atoms with Crippen LogP contribution in [0.5, 0.6) is 5.75 Å². The van der Waals surface area contributed by atoms with Gasteiger partial charge in [-0.2, -0.15) is 0 Å². The molecule has 3 aromatic rings. The lowest BCUT2D eigenvalue weighted by molar-refractivity contribution is -0.133. The Morgan fingerprint density at radius 3 is 2.87 bits per heavy atom. The summed E-state index contributed by atoms with van der Waals surface area (Å²) in [5, 5.41) is 0.891. The summed E-state index contributed by atoms with van der Waals surface area (Å²) in [5.74, 6) is 0.484. The second-order valence-electron chi connectivity index (χ2n) is 7.76. The van der Waals surface area contributed by atoms with E-state index in [0.29, 0.717) is 17.9 Å². The Labute approximate surface area is 181 Å². The number of carbonyl (C=O) groups is 1. The van der Waals surface area contributed by atoms with Crippen molar-refractivity contribution in [3.8, 4) is 5.75 Å². The summed E-state index contributed by atoms with van der Waals surface area (Å²) in [6.07, 6.45) is 5.33. The van der Waals surface area contributed by atoms with Crippen molar-refractivity contribution >= 4 is 16.9 Å². The molecule has 162 valence electrons. The van der Waals surface area contributed by atoms with E-state index in [4.69, 9.17) is 9.15 Å². The molecule has 0 N–H and O–H groups in total. The molecule has 3 heterocycles. The van der Waals surface area contributed by atoms with Crippen molar-refractivity contribution in [2.24, 2.45) is 0 Å². The zero-order valence-electron chi connectivity index (χ0n) is 17.8. The summed E-state index contributed by atoms with van der Waals surface area (Å²) in [5.41, 5.74) is 2.22. The van der Waals surface area contributed by atoms with Crippen molar-refractivity contribution in [1.82, 2.24) is 14.8 Å². The number of fused-ring (bicyclic) bond motifs is 1. The van der Waals surface area contributed by atoms with Gasteiger partial charge in [0.15, 0.2) is 6.61 Å². The minimum absolute atomic E-state index is 0.0351. The molecule has 0 spiro atoms. The monoisotopic (exact) mass is 421 g/mol. The Hall–Kier alpha value is -3.19. The molecule has 0 unspecified atom stereocenters. The lowest BCUT2D eigenvalue weighted by atomic mass is 10.1. The van der Waals surface area contributed by atoms with Crippen LogP contribution in [-0.2, 0) is 17.8 Å². The fourth-order valence-corrected chi connectivity index (χ4v) is 3.96. The minimum Gasteiger partial charge on any atom is -0.484 e. The van der Waals surface area contributed by atoms with E-state index in [2.05, 4.69) is 16.0 Å². The molecule has 31 heavy (non-hydrogen) atoms. The number of aromatic nitrogens is 1. The van der Waals surface area contributed by atoms with Crippen molar-refractivity contribution in [2.45, 2.75) is 26.3 Å². The number of nitrogens with zero attached hydrogens (tertiary/aromatic N) is 3. The maximum atomic E-state index is 12.7. The average Bonchev–Trinajstić information content (AvgIpc) is 3.03. The van der Waals surface area contributed by atoms with E-state index in [0.717, 1.165) is 50.0 Å². The van der Waals surface area contributed by atoms with Crippen LogP contribution in [0.25, 0.3) is 11.0 Å². The van der Waals surface area contributed by atoms with Gasteiger partial charge in [-0.05, 0) is 42.2 Å². The Balaban J connectivity index is 1.34. The molecule has 1 saturated heterocycles. The first-order valence-corrected chi connectivity index (χ1v) is 10.7. The highest BCUT2D eigenvalue weighted by Gasteiger charge is 2.20. The molecule has 4 rings (SSSR count). The van der Waals surface area contributed by atoms with E-state index in [9.17, 15) is 9.59 Å². The van der Waals surface area contributed by atoms with Gasteiger partial charge < -0.3 is 14.1 Å². The first-order valence-electron chi connectivity index (χ1n) is 10.7. The predicted octanol–water partition coefficient (Wildman–Crippen LogP) is 2.86. The van der Waals surface area contributed by atoms with Gasteiger partial charge in [0, 0.05) is 62.6 Å². The third-order valence-electron chi connectivity index (χ3n) is 5.62. The van der Waals surface area contributed by atoms with E-state index >= 15 is 0 Å². The molecule has 0 bridgehead atoms. The maximum absolute atomic E-state index is 12.7. The number of aryl methyl sites for hydroxylation is 1. The molecule has 0 saturated carbocycles. The van der Waals surface area contributed by atoms with Crippen LogP contribution in [0.15, 0.2) is 58.0 Å². The second-order valence-corrected chi connectivity index (χ2v) is 7.76. The fraction of sp³-hybridized carbons (Fsp3) is 0.375. The van der Waals surface area contributed by atoms with E-state index in [1.54, 1.807) is 12.3 Å². The second kappa shape index (κ2) is 9.75. The van der Waals surface area contributed by atoms with Crippen LogP contribution in [0.2, 0.25) is 0 Å². The number of benzene rings is 1. The van der Waals surface area contributed by atoms with E-state index in [-0.39, 0.29) is 18.1 Å². The summed E-state index contributed by atoms with van der Waals surface area (Å²) in [6, 6.07) is 10.9. The normalized spacial score (nSPS) is 15.1. The van der Waals surface area contributed by atoms with Gasteiger partial charge in [-0.15, -0.1) is 0 Å². The number of amides is 1. The van der Waals surface area contributed by atoms with E-state index < -0.39 is 0 Å². The fourth-order valence-electron chi connectivity index (χ4n) is 3.96. The molecule has 2 aromatic heterocycles. The van der Waals surface area contributed by atoms with Gasteiger partial charge >= 0.3 is 5.63 Å². The third-order valence-corrected chi connectivity index (χ3v) is 5.62. The number of hydrogen-bond acceptors (Lipinski definition) is 6. The molecule has 1 aliphatic rings. The van der Waals surface area contributed by atoms with Crippen LogP contribution in [0.1, 0.15) is 24.5 Å². The zero-order valence-corrected chi connectivity index (χ0v) is 17.8. The van der Waals surface area contributed by atoms with Crippen molar-refractivity contribution in [1.29, 1.82) is 0 Å². The zero-order chi connectivity index (χ0) is 21.6. The SMILES string of the molecule is CCc1cc(=O)oc2cc(OCC(=O)N3CCCN(Cc4cccnc4)CC3)ccc12. The number of carbonyl (C=O) groups excluding carboxylic acids is 1. The van der Waals surface area contributed by atoms with Crippen molar-refractivity contribution in [2.75, 3.05) is 32.8 Å². The lowest BCUT2D eigenvalue weighted by Crippen LogP contribution is -2.38. The summed E-state index contributed by atoms with van der Waals surface area (Å²) in [7, 11) is 0. The Bertz CT molecular complexity index is 1100. The first kappa shape index (κ1) is 21.1. The van der Waals surface area contributed by atoms with Crippen LogP contribution in [0.4, 0.5) is 0 Å². The highest BCUT2D eigenvalue weighted by molar-refractivity contribution is 5.82. The molecule has 7 heteroatoms. The van der Waals surface area contributed by atoms with Gasteiger partial charge in [0.1, 0.15) is 11.3 Å². The van der Waals surface area contributed by atoms with Crippen molar-refractivity contribution in [3.05, 3.63) is 70.3 Å². The van der Waals surface area contributed by atoms with Crippen LogP contribution in [-0.4, -0.2) is 53.5 Å². The lowest BCUT2D eigenvalue weighted by Gasteiger charge is -2.22. The Morgan fingerprint density at radius 2 is 2.06 bits per heavy atom. The highest BCUT2D eigenvalue weighted by atomic mass is 16.5. The molecular weight excluding hydrogens is 394 g/mol. The molecule has 0 aliphatic carbocycles. The highest BCUT2D eigenvalue weighted by Crippen LogP contribution is 2.23. The smallest absolute Gasteiger partial charge is 0.336 e. The number of ether oxygens (including phenoxy) is 1. The Morgan fingerprint density at radius 1 is 1.16 bits per heavy atom. The van der Waals surface area contributed by atoms with Crippen LogP contribution in [0, 0.1) is 0 Å². The predicted molar refractivity (Wildman–Crippen MR) is 118 cm³/mol. The van der Waals surface area contributed by atoms with E-state index in [1.807, 2.05) is 36.2 Å². The summed E-state index contributed by atoms with van der Waals surface area (Å²) < 4.78 is 11.0. The molecule has 1 amide bonds. The molecule has 7 nitrogen and oxygen atoms in total. The Kier molecular flexibility index (Phi) is 6.62. The van der Waals surface area contributed by atoms with E-state index in [1.165, 1.54) is 11.6 Å².